The zero-order chi connectivity index (χ0) is 17.7. The number of hydrogen-bond donors (Lipinski definition) is 1. The Balaban J connectivity index is 2.23. The van der Waals surface area contributed by atoms with E-state index in [9.17, 15) is 0 Å². The number of thiocarbonyl (C=S) groups is 1. The van der Waals surface area contributed by atoms with Crippen molar-refractivity contribution in [2.75, 3.05) is 12.4 Å². The molecular weight excluding hydrogens is 433 g/mol. The number of halogens is 1. The second-order valence-electron chi connectivity index (χ2n) is 5.57. The number of anilines is 1. The van der Waals surface area contributed by atoms with Crippen molar-refractivity contribution in [2.45, 2.75) is 33.8 Å². The van der Waals surface area contributed by atoms with Crippen molar-refractivity contribution >= 4 is 45.7 Å². The van der Waals surface area contributed by atoms with Gasteiger partial charge in [0.15, 0.2) is 0 Å². The van der Waals surface area contributed by atoms with Gasteiger partial charge in [-0.2, -0.15) is 0 Å². The molecule has 0 fully saturated rings. The fourth-order valence-electron chi connectivity index (χ4n) is 2.52. The number of aryl methyl sites for hydroxylation is 3. The average molecular weight is 455 g/mol. The molecule has 0 aromatic heterocycles. The Morgan fingerprint density at radius 3 is 2.62 bits per heavy atom. The topological polar surface area (TPSA) is 30.5 Å². The summed E-state index contributed by atoms with van der Waals surface area (Å²) in [6.07, 6.45) is 1.03. The van der Waals surface area contributed by atoms with E-state index in [1.54, 1.807) is 7.11 Å². The van der Waals surface area contributed by atoms with Gasteiger partial charge in [-0.05, 0) is 90.0 Å². The molecule has 2 rings (SSSR count). The average Bonchev–Trinajstić information content (AvgIpc) is 2.56. The highest BCUT2D eigenvalue weighted by Gasteiger charge is 2.11. The molecular formula is C19H22INO2S. The van der Waals surface area contributed by atoms with Crippen LogP contribution in [0.2, 0.25) is 0 Å². The lowest BCUT2D eigenvalue weighted by Gasteiger charge is -2.16. The van der Waals surface area contributed by atoms with Crippen LogP contribution in [0.4, 0.5) is 5.69 Å². The maximum Gasteiger partial charge on any atom is 0.260 e. The monoisotopic (exact) mass is 455 g/mol. The van der Waals surface area contributed by atoms with Crippen molar-refractivity contribution < 1.29 is 9.47 Å². The molecule has 0 saturated heterocycles. The highest BCUT2D eigenvalue weighted by Crippen LogP contribution is 2.27. The molecule has 0 saturated carbocycles. The third-order valence-corrected chi connectivity index (χ3v) is 5.21. The molecule has 2 aromatic carbocycles. The lowest BCUT2D eigenvalue weighted by molar-refractivity contribution is 0.303. The molecule has 0 bridgehead atoms. The molecule has 0 amide bonds. The first-order valence-corrected chi connectivity index (χ1v) is 9.30. The summed E-state index contributed by atoms with van der Waals surface area (Å²) in [6, 6.07) is 10.3. The molecule has 0 atom stereocenters. The van der Waals surface area contributed by atoms with Crippen LogP contribution in [0.15, 0.2) is 30.3 Å². The largest absolute Gasteiger partial charge is 0.489 e. The Hall–Kier alpha value is -1.34. The minimum absolute atomic E-state index is 0.345. The van der Waals surface area contributed by atoms with E-state index in [1.165, 1.54) is 11.1 Å². The number of benzene rings is 2. The van der Waals surface area contributed by atoms with Gasteiger partial charge >= 0.3 is 0 Å². The molecule has 0 unspecified atom stereocenters. The van der Waals surface area contributed by atoms with E-state index in [2.05, 4.69) is 66.9 Å². The van der Waals surface area contributed by atoms with E-state index in [1.807, 2.05) is 12.1 Å². The summed E-state index contributed by atoms with van der Waals surface area (Å²) in [7, 11) is 1.56. The van der Waals surface area contributed by atoms with Crippen LogP contribution >= 0.6 is 34.8 Å². The highest BCUT2D eigenvalue weighted by molar-refractivity contribution is 14.1. The summed E-state index contributed by atoms with van der Waals surface area (Å²) in [4.78, 5) is 0. The van der Waals surface area contributed by atoms with E-state index in [4.69, 9.17) is 21.7 Å². The quantitative estimate of drug-likeness (QED) is 0.484. The Morgan fingerprint density at radius 2 is 1.96 bits per heavy atom. The van der Waals surface area contributed by atoms with Gasteiger partial charge in [-0.3, -0.25) is 0 Å². The van der Waals surface area contributed by atoms with E-state index in [-0.39, 0.29) is 0 Å². The molecule has 0 heterocycles. The maximum atomic E-state index is 6.11. The number of methoxy groups -OCH3 is 1. The van der Waals surface area contributed by atoms with Gasteiger partial charge in [0.1, 0.15) is 12.4 Å². The number of ether oxygens (including phenoxy) is 2. The van der Waals surface area contributed by atoms with E-state index in [0.717, 1.165) is 32.6 Å². The molecule has 3 nitrogen and oxygen atoms in total. The predicted molar refractivity (Wildman–Crippen MR) is 112 cm³/mol. The van der Waals surface area contributed by atoms with Crippen LogP contribution < -0.4 is 10.1 Å². The zero-order valence-electron chi connectivity index (χ0n) is 14.4. The molecule has 2 aromatic rings. The van der Waals surface area contributed by atoms with Crippen LogP contribution in [0.1, 0.15) is 29.2 Å². The third-order valence-electron chi connectivity index (χ3n) is 3.93. The Bertz CT molecular complexity index is 746. The summed E-state index contributed by atoms with van der Waals surface area (Å²) in [5.74, 6) is 0.921. The highest BCUT2D eigenvalue weighted by atomic mass is 127. The van der Waals surface area contributed by atoms with Crippen molar-refractivity contribution in [3.05, 3.63) is 56.2 Å². The van der Waals surface area contributed by atoms with Crippen LogP contribution in [0.3, 0.4) is 0 Å². The number of hydrogen-bond acceptors (Lipinski definition) is 3. The minimum atomic E-state index is 0.345. The van der Waals surface area contributed by atoms with Gasteiger partial charge < -0.3 is 14.8 Å². The Labute approximate surface area is 162 Å². The van der Waals surface area contributed by atoms with Gasteiger partial charge in [-0.1, -0.05) is 19.1 Å². The normalized spacial score (nSPS) is 10.4. The second-order valence-corrected chi connectivity index (χ2v) is 7.10. The van der Waals surface area contributed by atoms with E-state index in [0.29, 0.717) is 11.8 Å². The first kappa shape index (κ1) is 19.0. The first-order valence-electron chi connectivity index (χ1n) is 7.81. The molecule has 0 aliphatic rings. The van der Waals surface area contributed by atoms with Crippen molar-refractivity contribution in [3.8, 4) is 5.75 Å². The summed E-state index contributed by atoms with van der Waals surface area (Å²) < 4.78 is 12.3. The molecule has 1 N–H and O–H groups in total. The van der Waals surface area contributed by atoms with E-state index < -0.39 is 0 Å². The summed E-state index contributed by atoms with van der Waals surface area (Å²) in [5.41, 5.74) is 5.76. The van der Waals surface area contributed by atoms with Gasteiger partial charge in [-0.25, -0.2) is 0 Å². The molecule has 0 spiro atoms. The number of rotatable bonds is 5. The van der Waals surface area contributed by atoms with Gasteiger partial charge in [0.05, 0.1) is 7.11 Å². The molecule has 128 valence electrons. The summed E-state index contributed by atoms with van der Waals surface area (Å²) in [6.45, 7) is 6.86. The maximum absolute atomic E-state index is 6.11. The minimum Gasteiger partial charge on any atom is -0.489 e. The molecule has 24 heavy (non-hydrogen) atoms. The number of nitrogens with one attached hydrogen (secondary N) is 1. The summed E-state index contributed by atoms with van der Waals surface area (Å²) in [5, 5.41) is 3.45. The van der Waals surface area contributed by atoms with Crippen LogP contribution in [-0.2, 0) is 17.8 Å². The lowest BCUT2D eigenvalue weighted by Crippen LogP contribution is -2.13. The lowest BCUT2D eigenvalue weighted by atomic mass is 10.0. The van der Waals surface area contributed by atoms with E-state index >= 15 is 0 Å². The van der Waals surface area contributed by atoms with Crippen molar-refractivity contribution in [2.24, 2.45) is 0 Å². The van der Waals surface area contributed by atoms with Crippen LogP contribution in [0.5, 0.6) is 5.75 Å². The fourth-order valence-corrected chi connectivity index (χ4v) is 3.28. The van der Waals surface area contributed by atoms with Crippen molar-refractivity contribution in [1.82, 2.24) is 0 Å². The molecule has 0 aliphatic heterocycles. The Morgan fingerprint density at radius 1 is 1.21 bits per heavy atom. The van der Waals surface area contributed by atoms with Crippen LogP contribution in [-0.4, -0.2) is 12.3 Å². The smallest absolute Gasteiger partial charge is 0.260 e. The van der Waals surface area contributed by atoms with Crippen LogP contribution in [0, 0.1) is 17.4 Å². The fraction of sp³-hybridized carbons (Fsp3) is 0.316. The van der Waals surface area contributed by atoms with Gasteiger partial charge in [-0.15, -0.1) is 0 Å². The van der Waals surface area contributed by atoms with Gasteiger partial charge in [0.2, 0.25) is 0 Å². The third kappa shape index (κ3) is 4.60. The molecule has 5 heteroatoms. The first-order chi connectivity index (χ1) is 11.5. The SMILES string of the molecule is CCc1cc(C)c(OCc2c(I)cccc2NC(=S)OC)cc1C. The van der Waals surface area contributed by atoms with Gasteiger partial charge in [0.25, 0.3) is 5.17 Å². The molecule has 0 aliphatic carbocycles. The standard InChI is InChI=1S/C19H22INO2S/c1-5-14-9-13(3)18(10-12(14)2)23-11-15-16(20)7-6-8-17(15)21-19(24)22-4/h6-10H,5,11H2,1-4H3,(H,21,24). The zero-order valence-corrected chi connectivity index (χ0v) is 17.4. The second kappa shape index (κ2) is 8.67. The Kier molecular flexibility index (Phi) is 6.86. The summed E-state index contributed by atoms with van der Waals surface area (Å²) >= 11 is 7.42. The molecule has 0 radical (unpaired) electrons. The van der Waals surface area contributed by atoms with Crippen molar-refractivity contribution in [1.29, 1.82) is 0 Å². The van der Waals surface area contributed by atoms with Crippen LogP contribution in [0.25, 0.3) is 0 Å². The predicted octanol–water partition coefficient (Wildman–Crippen LogP) is 5.39. The van der Waals surface area contributed by atoms with Gasteiger partial charge in [0, 0.05) is 14.8 Å². The van der Waals surface area contributed by atoms with Crippen molar-refractivity contribution in [3.63, 3.8) is 0 Å².